The molecule has 0 bridgehead atoms. The molecular formula is C19H14Cl4N2O2. The number of carbonyl (C=O) groups is 1. The first kappa shape index (κ1) is 20.0. The average molecular weight is 444 g/mol. The summed E-state index contributed by atoms with van der Waals surface area (Å²) in [6.07, 6.45) is 4.53. The Hall–Kier alpha value is -1.72. The molecule has 8 heteroatoms. The molecule has 0 N–H and O–H groups in total. The van der Waals surface area contributed by atoms with Gasteiger partial charge in [0.05, 0.1) is 29.3 Å². The fourth-order valence-electron chi connectivity index (χ4n) is 2.56. The lowest BCUT2D eigenvalue weighted by Gasteiger charge is -2.20. The van der Waals surface area contributed by atoms with Crippen LogP contribution in [0.4, 0.5) is 0 Å². The lowest BCUT2D eigenvalue weighted by atomic mass is 10.1. The van der Waals surface area contributed by atoms with Crippen LogP contribution in [0.3, 0.4) is 0 Å². The lowest BCUT2D eigenvalue weighted by Crippen LogP contribution is -2.18. The van der Waals surface area contributed by atoms with E-state index in [4.69, 9.17) is 51.1 Å². The van der Waals surface area contributed by atoms with Crippen LogP contribution in [-0.2, 0) is 22.5 Å². The molecular weight excluding hydrogens is 430 g/mol. The second-order valence-electron chi connectivity index (χ2n) is 5.83. The highest BCUT2D eigenvalue weighted by Gasteiger charge is 2.21. The van der Waals surface area contributed by atoms with E-state index in [2.05, 4.69) is 4.98 Å². The highest BCUT2D eigenvalue weighted by Crippen LogP contribution is 2.30. The molecule has 3 rings (SSSR count). The minimum atomic E-state index is -0.598. The van der Waals surface area contributed by atoms with Crippen molar-refractivity contribution in [1.82, 2.24) is 9.55 Å². The van der Waals surface area contributed by atoms with E-state index >= 15 is 0 Å². The summed E-state index contributed by atoms with van der Waals surface area (Å²) in [4.78, 5) is 16.5. The monoisotopic (exact) mass is 442 g/mol. The molecule has 1 atom stereocenters. The molecule has 1 heterocycles. The Balaban J connectivity index is 1.79. The van der Waals surface area contributed by atoms with Gasteiger partial charge >= 0.3 is 5.97 Å². The van der Waals surface area contributed by atoms with Gasteiger partial charge in [-0.25, -0.2) is 4.98 Å². The van der Waals surface area contributed by atoms with Crippen LogP contribution in [0.25, 0.3) is 0 Å². The van der Waals surface area contributed by atoms with Crippen LogP contribution >= 0.6 is 46.4 Å². The van der Waals surface area contributed by atoms with Gasteiger partial charge in [-0.2, -0.15) is 0 Å². The zero-order valence-corrected chi connectivity index (χ0v) is 16.9. The molecule has 140 valence electrons. The maximum atomic E-state index is 12.5. The number of imidazole rings is 1. The second kappa shape index (κ2) is 8.98. The summed E-state index contributed by atoms with van der Waals surface area (Å²) in [5, 5.41) is 1.75. The minimum Gasteiger partial charge on any atom is -0.455 e. The molecule has 1 aromatic heterocycles. The molecule has 2 aromatic carbocycles. The first-order valence-electron chi connectivity index (χ1n) is 7.96. The van der Waals surface area contributed by atoms with Crippen LogP contribution in [0.15, 0.2) is 55.1 Å². The van der Waals surface area contributed by atoms with Gasteiger partial charge in [0, 0.05) is 28.0 Å². The number of ether oxygens (including phenoxy) is 1. The minimum absolute atomic E-state index is 0.0581. The van der Waals surface area contributed by atoms with Gasteiger partial charge in [0.25, 0.3) is 0 Å². The van der Waals surface area contributed by atoms with Gasteiger partial charge in [0.15, 0.2) is 0 Å². The van der Waals surface area contributed by atoms with Crippen LogP contribution in [0.5, 0.6) is 0 Å². The van der Waals surface area contributed by atoms with E-state index in [0.717, 1.165) is 0 Å². The zero-order valence-electron chi connectivity index (χ0n) is 13.9. The molecule has 27 heavy (non-hydrogen) atoms. The molecule has 1 unspecified atom stereocenters. The van der Waals surface area contributed by atoms with Crippen molar-refractivity contribution in [1.29, 1.82) is 0 Å². The number of hydrogen-bond acceptors (Lipinski definition) is 3. The van der Waals surface area contributed by atoms with Gasteiger partial charge in [0.2, 0.25) is 0 Å². The topological polar surface area (TPSA) is 44.1 Å². The van der Waals surface area contributed by atoms with E-state index in [1.807, 2.05) is 4.57 Å². The smallest absolute Gasteiger partial charge is 0.310 e. The van der Waals surface area contributed by atoms with Gasteiger partial charge in [-0.15, -0.1) is 0 Å². The molecule has 3 aromatic rings. The summed E-state index contributed by atoms with van der Waals surface area (Å²) >= 11 is 24.2. The SMILES string of the molecule is O=C(Cc1ccc(Cl)c(Cl)c1)OC(Cn1ccnc1)c1ccc(Cl)cc1Cl. The van der Waals surface area contributed by atoms with Crippen LogP contribution in [0, 0.1) is 0 Å². The maximum absolute atomic E-state index is 12.5. The number of benzene rings is 2. The number of hydrogen-bond donors (Lipinski definition) is 0. The third-order valence-electron chi connectivity index (χ3n) is 3.85. The van der Waals surface area contributed by atoms with Crippen molar-refractivity contribution in [3.63, 3.8) is 0 Å². The zero-order chi connectivity index (χ0) is 19.4. The van der Waals surface area contributed by atoms with E-state index in [-0.39, 0.29) is 6.42 Å². The maximum Gasteiger partial charge on any atom is 0.310 e. The van der Waals surface area contributed by atoms with Crippen molar-refractivity contribution in [2.75, 3.05) is 0 Å². The second-order valence-corrected chi connectivity index (χ2v) is 7.49. The highest BCUT2D eigenvalue weighted by atomic mass is 35.5. The molecule has 0 saturated carbocycles. The van der Waals surface area contributed by atoms with Crippen molar-refractivity contribution in [3.8, 4) is 0 Å². The van der Waals surface area contributed by atoms with Crippen LogP contribution in [0.1, 0.15) is 17.2 Å². The molecule has 0 aliphatic heterocycles. The lowest BCUT2D eigenvalue weighted by molar-refractivity contribution is -0.149. The third kappa shape index (κ3) is 5.39. The Morgan fingerprint density at radius 3 is 2.52 bits per heavy atom. The van der Waals surface area contributed by atoms with Gasteiger partial charge in [-0.1, -0.05) is 58.5 Å². The Labute approximate surface area is 176 Å². The molecule has 0 spiro atoms. The number of aromatic nitrogens is 2. The number of nitrogens with zero attached hydrogens (tertiary/aromatic N) is 2. The van der Waals surface area contributed by atoms with Crippen molar-refractivity contribution in [2.24, 2.45) is 0 Å². The number of esters is 1. The summed E-state index contributed by atoms with van der Waals surface area (Å²) in [5.41, 5.74) is 1.37. The van der Waals surface area contributed by atoms with E-state index in [0.29, 0.717) is 37.8 Å². The van der Waals surface area contributed by atoms with Gasteiger partial charge < -0.3 is 9.30 Å². The van der Waals surface area contributed by atoms with Crippen molar-refractivity contribution in [3.05, 3.63) is 86.3 Å². The molecule has 0 aliphatic rings. The standard InChI is InChI=1S/C19H14Cl4N2O2/c20-13-2-3-14(16(22)9-13)18(10-25-6-5-24-11-25)27-19(26)8-12-1-4-15(21)17(23)7-12/h1-7,9,11,18H,8,10H2. The van der Waals surface area contributed by atoms with E-state index in [1.54, 1.807) is 55.1 Å². The molecule has 0 amide bonds. The van der Waals surface area contributed by atoms with Crippen molar-refractivity contribution in [2.45, 2.75) is 19.1 Å². The molecule has 0 radical (unpaired) electrons. The molecule has 0 fully saturated rings. The first-order valence-corrected chi connectivity index (χ1v) is 9.47. The quantitative estimate of drug-likeness (QED) is 0.437. The largest absolute Gasteiger partial charge is 0.455 e. The normalized spacial score (nSPS) is 12.0. The van der Waals surface area contributed by atoms with E-state index in [9.17, 15) is 4.79 Å². The van der Waals surface area contributed by atoms with Crippen LogP contribution < -0.4 is 0 Å². The van der Waals surface area contributed by atoms with Crippen LogP contribution in [0.2, 0.25) is 20.1 Å². The molecule has 4 nitrogen and oxygen atoms in total. The predicted molar refractivity (Wildman–Crippen MR) is 108 cm³/mol. The summed E-state index contributed by atoms with van der Waals surface area (Å²) < 4.78 is 7.52. The Morgan fingerprint density at radius 1 is 1.04 bits per heavy atom. The summed E-state index contributed by atoms with van der Waals surface area (Å²) in [7, 11) is 0. The van der Waals surface area contributed by atoms with Gasteiger partial charge in [0.1, 0.15) is 6.10 Å². The van der Waals surface area contributed by atoms with Crippen molar-refractivity contribution < 1.29 is 9.53 Å². The predicted octanol–water partition coefficient (Wildman–Crippen LogP) is 6.02. The highest BCUT2D eigenvalue weighted by molar-refractivity contribution is 6.42. The van der Waals surface area contributed by atoms with Crippen molar-refractivity contribution >= 4 is 52.4 Å². The number of halogens is 4. The summed E-state index contributed by atoms with van der Waals surface area (Å²) in [5.74, 6) is -0.412. The molecule has 0 saturated heterocycles. The summed E-state index contributed by atoms with van der Waals surface area (Å²) in [6, 6.07) is 10.1. The average Bonchev–Trinajstić information content (AvgIpc) is 3.11. The Morgan fingerprint density at radius 2 is 1.85 bits per heavy atom. The Bertz CT molecular complexity index is 945. The van der Waals surface area contributed by atoms with E-state index < -0.39 is 12.1 Å². The molecule has 0 aliphatic carbocycles. The number of rotatable bonds is 6. The number of carbonyl (C=O) groups excluding carboxylic acids is 1. The van der Waals surface area contributed by atoms with Crippen LogP contribution in [-0.4, -0.2) is 15.5 Å². The third-order valence-corrected chi connectivity index (χ3v) is 5.15. The van der Waals surface area contributed by atoms with Gasteiger partial charge in [-0.05, 0) is 29.8 Å². The van der Waals surface area contributed by atoms with E-state index in [1.165, 1.54) is 0 Å². The fourth-order valence-corrected chi connectivity index (χ4v) is 3.42. The Kier molecular flexibility index (Phi) is 6.66. The first-order chi connectivity index (χ1) is 12.9. The van der Waals surface area contributed by atoms with Gasteiger partial charge in [-0.3, -0.25) is 4.79 Å². The fraction of sp³-hybridized carbons (Fsp3) is 0.158. The summed E-state index contributed by atoms with van der Waals surface area (Å²) in [6.45, 7) is 0.370.